The molecule has 4 aromatic rings. The second kappa shape index (κ2) is 7.38. The summed E-state index contributed by atoms with van der Waals surface area (Å²) < 4.78 is 6.78. The van der Waals surface area contributed by atoms with E-state index in [-0.39, 0.29) is 12.4 Å². The lowest BCUT2D eigenvalue weighted by Gasteiger charge is -2.22. The topological polar surface area (TPSA) is 132 Å². The molecule has 2 aromatic carbocycles. The summed E-state index contributed by atoms with van der Waals surface area (Å²) in [4.78, 5) is 31.4. The minimum Gasteiger partial charge on any atom is -0.337 e. The summed E-state index contributed by atoms with van der Waals surface area (Å²) in [7, 11) is 0. The Labute approximate surface area is 182 Å². The van der Waals surface area contributed by atoms with E-state index in [9.17, 15) is 9.59 Å². The highest BCUT2D eigenvalue weighted by Gasteiger charge is 2.49. The molecule has 160 valence electrons. The van der Waals surface area contributed by atoms with Gasteiger partial charge in [-0.2, -0.15) is 4.98 Å². The zero-order chi connectivity index (χ0) is 22.3. The fourth-order valence-corrected chi connectivity index (χ4v) is 3.66. The Morgan fingerprint density at radius 3 is 2.75 bits per heavy atom. The molecule has 1 N–H and O–H groups in total. The summed E-state index contributed by atoms with van der Waals surface area (Å²) in [6, 6.07) is 14.2. The number of carbonyl (C=O) groups is 2. The normalized spacial score (nSPS) is 18.2. The smallest absolute Gasteiger partial charge is 0.325 e. The van der Waals surface area contributed by atoms with Crippen molar-refractivity contribution in [2.45, 2.75) is 25.9 Å². The third-order valence-electron chi connectivity index (χ3n) is 5.46. The summed E-state index contributed by atoms with van der Waals surface area (Å²) in [5.74, 6) is 0.146. The number of tetrazole rings is 1. The van der Waals surface area contributed by atoms with Crippen LogP contribution in [0, 0.1) is 6.92 Å². The molecule has 32 heavy (non-hydrogen) atoms. The van der Waals surface area contributed by atoms with Crippen molar-refractivity contribution in [1.29, 1.82) is 0 Å². The molecule has 5 rings (SSSR count). The average Bonchev–Trinajstić information content (AvgIpc) is 3.53. The molecule has 2 aromatic heterocycles. The maximum atomic E-state index is 13.3. The maximum absolute atomic E-state index is 13.3. The van der Waals surface area contributed by atoms with Crippen LogP contribution in [0.4, 0.5) is 4.79 Å². The lowest BCUT2D eigenvalue weighted by molar-refractivity contribution is -0.131. The minimum atomic E-state index is -1.26. The zero-order valence-corrected chi connectivity index (χ0v) is 17.3. The number of hydrogen-bond donors (Lipinski definition) is 1. The van der Waals surface area contributed by atoms with Gasteiger partial charge in [0.1, 0.15) is 18.4 Å². The van der Waals surface area contributed by atoms with Crippen LogP contribution in [0.5, 0.6) is 0 Å². The van der Waals surface area contributed by atoms with Crippen molar-refractivity contribution in [2.75, 3.05) is 0 Å². The second-order valence-corrected chi connectivity index (χ2v) is 7.58. The number of carbonyl (C=O) groups excluding carboxylic acids is 2. The predicted octanol–water partition coefficient (Wildman–Crippen LogP) is 1.99. The molecule has 1 aliphatic heterocycles. The van der Waals surface area contributed by atoms with Gasteiger partial charge in [-0.1, -0.05) is 41.6 Å². The Morgan fingerprint density at radius 2 is 1.97 bits per heavy atom. The van der Waals surface area contributed by atoms with Crippen LogP contribution in [0.2, 0.25) is 0 Å². The quantitative estimate of drug-likeness (QED) is 0.476. The van der Waals surface area contributed by atoms with Gasteiger partial charge < -0.3 is 9.84 Å². The van der Waals surface area contributed by atoms with Crippen molar-refractivity contribution in [1.82, 2.24) is 40.6 Å². The van der Waals surface area contributed by atoms with Crippen LogP contribution in [0.25, 0.3) is 17.1 Å². The Kier molecular flexibility index (Phi) is 4.51. The van der Waals surface area contributed by atoms with E-state index in [0.717, 1.165) is 16.0 Å². The monoisotopic (exact) mass is 430 g/mol. The van der Waals surface area contributed by atoms with E-state index in [2.05, 4.69) is 31.0 Å². The number of amides is 3. The standard InChI is InChI=1S/C21H18N8O3/c1-13-6-3-4-9-16(13)18-23-17(32-25-18)11-28-19(30)21(2,24-20(28)31)14-7-5-8-15(10-14)29-12-22-26-27-29/h3-10,12H,11H2,1-2H3,(H,24,31). The van der Waals surface area contributed by atoms with Crippen LogP contribution in [0.3, 0.4) is 0 Å². The first kappa shape index (κ1) is 19.5. The van der Waals surface area contributed by atoms with Gasteiger partial charge in [-0.05, 0) is 47.5 Å². The van der Waals surface area contributed by atoms with Gasteiger partial charge >= 0.3 is 6.03 Å². The molecule has 11 nitrogen and oxygen atoms in total. The van der Waals surface area contributed by atoms with E-state index in [4.69, 9.17) is 4.52 Å². The highest BCUT2D eigenvalue weighted by Crippen LogP contribution is 2.31. The Morgan fingerprint density at radius 1 is 1.12 bits per heavy atom. The number of rotatable bonds is 5. The van der Waals surface area contributed by atoms with Gasteiger partial charge in [0.15, 0.2) is 0 Å². The molecule has 11 heteroatoms. The van der Waals surface area contributed by atoms with Gasteiger partial charge in [0.25, 0.3) is 5.91 Å². The van der Waals surface area contributed by atoms with Crippen LogP contribution < -0.4 is 5.32 Å². The van der Waals surface area contributed by atoms with Gasteiger partial charge in [-0.3, -0.25) is 9.69 Å². The molecule has 0 bridgehead atoms. The summed E-state index contributed by atoms with van der Waals surface area (Å²) in [6.07, 6.45) is 1.45. The van der Waals surface area contributed by atoms with Crippen LogP contribution in [-0.2, 0) is 16.9 Å². The van der Waals surface area contributed by atoms with Gasteiger partial charge in [-0.15, -0.1) is 5.10 Å². The molecule has 1 fully saturated rings. The van der Waals surface area contributed by atoms with Crippen molar-refractivity contribution < 1.29 is 14.1 Å². The number of aryl methyl sites for hydroxylation is 1. The highest BCUT2D eigenvalue weighted by atomic mass is 16.5. The summed E-state index contributed by atoms with van der Waals surface area (Å²) in [5.41, 5.74) is 1.81. The van der Waals surface area contributed by atoms with E-state index in [1.165, 1.54) is 11.0 Å². The molecule has 0 spiro atoms. The number of benzene rings is 2. The van der Waals surface area contributed by atoms with Crippen molar-refractivity contribution >= 4 is 11.9 Å². The molecule has 1 aliphatic rings. The number of nitrogens with one attached hydrogen (secondary N) is 1. The van der Waals surface area contributed by atoms with Crippen molar-refractivity contribution in [3.63, 3.8) is 0 Å². The number of hydrogen-bond acceptors (Lipinski definition) is 8. The van der Waals surface area contributed by atoms with E-state index in [1.807, 2.05) is 31.2 Å². The van der Waals surface area contributed by atoms with E-state index in [1.54, 1.807) is 31.2 Å². The lowest BCUT2D eigenvalue weighted by Crippen LogP contribution is -2.40. The third kappa shape index (κ3) is 3.20. The molecule has 0 aliphatic carbocycles. The third-order valence-corrected chi connectivity index (χ3v) is 5.46. The van der Waals surface area contributed by atoms with Gasteiger partial charge in [0.2, 0.25) is 11.7 Å². The highest BCUT2D eigenvalue weighted by molar-refractivity contribution is 6.07. The van der Waals surface area contributed by atoms with Crippen molar-refractivity contribution in [3.8, 4) is 17.1 Å². The minimum absolute atomic E-state index is 0.133. The number of nitrogens with zero attached hydrogens (tertiary/aromatic N) is 7. The molecule has 3 heterocycles. The van der Waals surface area contributed by atoms with E-state index in [0.29, 0.717) is 17.1 Å². The SMILES string of the molecule is Cc1ccccc1-c1noc(CN2C(=O)NC(C)(c3cccc(-n4cnnn4)c3)C2=O)n1. The van der Waals surface area contributed by atoms with Gasteiger partial charge in [0.05, 0.1) is 5.69 Å². The van der Waals surface area contributed by atoms with Crippen LogP contribution in [0.1, 0.15) is 23.9 Å². The fraction of sp³-hybridized carbons (Fsp3) is 0.190. The molecule has 3 amide bonds. The van der Waals surface area contributed by atoms with Crippen molar-refractivity contribution in [2.24, 2.45) is 0 Å². The molecule has 1 atom stereocenters. The molecular formula is C21H18N8O3. The van der Waals surface area contributed by atoms with Gasteiger partial charge in [-0.25, -0.2) is 9.48 Å². The first-order chi connectivity index (χ1) is 15.5. The molecule has 0 radical (unpaired) electrons. The van der Waals surface area contributed by atoms with Crippen LogP contribution >= 0.6 is 0 Å². The Balaban J connectivity index is 1.40. The number of imide groups is 1. The first-order valence-corrected chi connectivity index (χ1v) is 9.82. The summed E-state index contributed by atoms with van der Waals surface area (Å²) in [6.45, 7) is 3.46. The predicted molar refractivity (Wildman–Crippen MR) is 110 cm³/mol. The van der Waals surface area contributed by atoms with E-state index >= 15 is 0 Å². The Bertz CT molecular complexity index is 1320. The number of aromatic nitrogens is 6. The number of urea groups is 1. The first-order valence-electron chi connectivity index (χ1n) is 9.82. The summed E-state index contributed by atoms with van der Waals surface area (Å²) in [5, 5.41) is 17.9. The van der Waals surface area contributed by atoms with Gasteiger partial charge in [0, 0.05) is 5.56 Å². The maximum Gasteiger partial charge on any atom is 0.325 e. The lowest BCUT2D eigenvalue weighted by atomic mass is 9.91. The van der Waals surface area contributed by atoms with Crippen molar-refractivity contribution in [3.05, 3.63) is 71.9 Å². The van der Waals surface area contributed by atoms with Crippen LogP contribution in [-0.4, -0.2) is 47.2 Å². The zero-order valence-electron chi connectivity index (χ0n) is 17.3. The molecule has 1 unspecified atom stereocenters. The summed E-state index contributed by atoms with van der Waals surface area (Å²) >= 11 is 0. The van der Waals surface area contributed by atoms with Crippen LogP contribution in [0.15, 0.2) is 59.4 Å². The second-order valence-electron chi connectivity index (χ2n) is 7.58. The average molecular weight is 430 g/mol. The fourth-order valence-electron chi connectivity index (χ4n) is 3.66. The molecule has 0 saturated carbocycles. The molecule has 1 saturated heterocycles. The molecular weight excluding hydrogens is 412 g/mol. The van der Waals surface area contributed by atoms with E-state index < -0.39 is 17.5 Å². The Hall–Kier alpha value is -4.41. The largest absolute Gasteiger partial charge is 0.337 e.